The highest BCUT2D eigenvalue weighted by Gasteiger charge is 2.52. The summed E-state index contributed by atoms with van der Waals surface area (Å²) in [6.45, 7) is 0.665. The summed E-state index contributed by atoms with van der Waals surface area (Å²) >= 11 is 0. The largest absolute Gasteiger partial charge is 0.455 e. The van der Waals surface area contributed by atoms with Crippen LogP contribution >= 0.6 is 0 Å². The topological polar surface area (TPSA) is 87.0 Å². The van der Waals surface area contributed by atoms with Crippen molar-refractivity contribution >= 4 is 5.97 Å². The highest BCUT2D eigenvalue weighted by atomic mass is 16.6. The van der Waals surface area contributed by atoms with E-state index >= 15 is 0 Å². The van der Waals surface area contributed by atoms with E-state index in [9.17, 15) is 9.90 Å². The first kappa shape index (κ1) is 8.45. The molecule has 5 heteroatoms. The summed E-state index contributed by atoms with van der Waals surface area (Å²) in [6.07, 6.45) is -2.35. The first-order chi connectivity index (χ1) is 5.00. The maximum atomic E-state index is 10.7. The monoisotopic (exact) mass is 162 g/mol. The zero-order chi connectivity index (χ0) is 8.65. The van der Waals surface area contributed by atoms with Crippen LogP contribution in [0.5, 0.6) is 0 Å². The van der Waals surface area contributed by atoms with Gasteiger partial charge in [-0.05, 0) is 6.92 Å². The lowest BCUT2D eigenvalue weighted by atomic mass is 9.99. The van der Waals surface area contributed by atoms with Crippen LogP contribution in [-0.4, -0.2) is 45.7 Å². The van der Waals surface area contributed by atoms with Gasteiger partial charge in [0.2, 0.25) is 0 Å². The van der Waals surface area contributed by atoms with Crippen molar-refractivity contribution in [3.8, 4) is 0 Å². The van der Waals surface area contributed by atoms with Gasteiger partial charge in [-0.3, -0.25) is 0 Å². The average Bonchev–Trinajstić information content (AvgIpc) is 2.14. The Hall–Kier alpha value is -0.650. The van der Waals surface area contributed by atoms with Gasteiger partial charge in [-0.1, -0.05) is 0 Å². The number of esters is 1. The molecular weight excluding hydrogens is 152 g/mol. The van der Waals surface area contributed by atoms with E-state index in [1.165, 1.54) is 0 Å². The lowest BCUT2D eigenvalue weighted by Gasteiger charge is -2.16. The Bertz CT molecular complexity index is 176. The number of ether oxygens (including phenoxy) is 1. The molecule has 1 saturated heterocycles. The van der Waals surface area contributed by atoms with E-state index in [1.54, 1.807) is 0 Å². The summed E-state index contributed by atoms with van der Waals surface area (Å²) in [5, 5.41) is 26.9. The van der Waals surface area contributed by atoms with E-state index in [0.29, 0.717) is 0 Å². The highest BCUT2D eigenvalue weighted by molar-refractivity contribution is 5.82. The predicted octanol–water partition coefficient (Wildman–Crippen LogP) is -1.98. The summed E-state index contributed by atoms with van der Waals surface area (Å²) in [4.78, 5) is 10.7. The molecule has 64 valence electrons. The summed E-state index contributed by atoms with van der Waals surface area (Å²) in [6, 6.07) is 0. The van der Waals surface area contributed by atoms with E-state index in [1.807, 2.05) is 0 Å². The molecule has 0 aliphatic carbocycles. The van der Waals surface area contributed by atoms with Crippen molar-refractivity contribution in [2.75, 3.05) is 6.61 Å². The predicted molar refractivity (Wildman–Crippen MR) is 33.6 cm³/mol. The second-order valence-corrected chi connectivity index (χ2v) is 2.72. The molecule has 11 heavy (non-hydrogen) atoms. The van der Waals surface area contributed by atoms with Gasteiger partial charge in [0.25, 0.3) is 0 Å². The Balaban J connectivity index is 2.80. The molecule has 0 amide bonds. The Labute approximate surface area is 63.2 Å². The standard InChI is InChI=1S/C6H10O5/c1-6(10)4(8)3(2-7)11-5(6)9/h3-4,7-8,10H,2H2,1H3/t3-,4+,6-/m1/s1. The number of cyclic esters (lactones) is 1. The van der Waals surface area contributed by atoms with Crippen molar-refractivity contribution in [2.24, 2.45) is 0 Å². The minimum absolute atomic E-state index is 0.483. The van der Waals surface area contributed by atoms with Crippen LogP contribution in [-0.2, 0) is 9.53 Å². The van der Waals surface area contributed by atoms with Gasteiger partial charge < -0.3 is 20.1 Å². The van der Waals surface area contributed by atoms with Gasteiger partial charge >= 0.3 is 5.97 Å². The van der Waals surface area contributed by atoms with Crippen LogP contribution in [0, 0.1) is 0 Å². The molecule has 1 aliphatic heterocycles. The molecule has 0 aromatic rings. The quantitative estimate of drug-likeness (QED) is 0.389. The van der Waals surface area contributed by atoms with Gasteiger partial charge in [-0.15, -0.1) is 0 Å². The van der Waals surface area contributed by atoms with Gasteiger partial charge in [-0.25, -0.2) is 4.79 Å². The number of aliphatic hydroxyl groups is 3. The lowest BCUT2D eigenvalue weighted by molar-refractivity contribution is -0.155. The van der Waals surface area contributed by atoms with Crippen molar-refractivity contribution < 1.29 is 24.9 Å². The molecule has 5 nitrogen and oxygen atoms in total. The van der Waals surface area contributed by atoms with Gasteiger partial charge in [0, 0.05) is 0 Å². The summed E-state index contributed by atoms with van der Waals surface area (Å²) < 4.78 is 4.45. The first-order valence-corrected chi connectivity index (χ1v) is 3.22. The molecule has 0 bridgehead atoms. The highest BCUT2D eigenvalue weighted by Crippen LogP contribution is 2.25. The molecule has 1 fully saturated rings. The molecule has 3 N–H and O–H groups in total. The number of hydrogen-bond donors (Lipinski definition) is 3. The summed E-state index contributed by atoms with van der Waals surface area (Å²) in [5.74, 6) is -0.899. The smallest absolute Gasteiger partial charge is 0.341 e. The fourth-order valence-corrected chi connectivity index (χ4v) is 0.941. The zero-order valence-corrected chi connectivity index (χ0v) is 6.02. The zero-order valence-electron chi connectivity index (χ0n) is 6.02. The van der Waals surface area contributed by atoms with Gasteiger partial charge in [0.15, 0.2) is 11.7 Å². The van der Waals surface area contributed by atoms with Crippen molar-refractivity contribution in [3.63, 3.8) is 0 Å². The fraction of sp³-hybridized carbons (Fsp3) is 0.833. The Morgan fingerprint density at radius 1 is 1.73 bits per heavy atom. The van der Waals surface area contributed by atoms with Gasteiger partial charge in [0.05, 0.1) is 6.61 Å². The fourth-order valence-electron chi connectivity index (χ4n) is 0.941. The molecule has 1 rings (SSSR count). The second-order valence-electron chi connectivity index (χ2n) is 2.72. The van der Waals surface area contributed by atoms with Crippen LogP contribution in [0.1, 0.15) is 6.92 Å². The molecule has 0 unspecified atom stereocenters. The van der Waals surface area contributed by atoms with Crippen molar-refractivity contribution in [1.29, 1.82) is 0 Å². The molecule has 0 radical (unpaired) electrons. The van der Waals surface area contributed by atoms with Crippen molar-refractivity contribution in [3.05, 3.63) is 0 Å². The molecule has 0 aromatic heterocycles. The maximum absolute atomic E-state index is 10.7. The van der Waals surface area contributed by atoms with Gasteiger partial charge in [-0.2, -0.15) is 0 Å². The van der Waals surface area contributed by atoms with Crippen LogP contribution in [0.2, 0.25) is 0 Å². The number of aliphatic hydroxyl groups excluding tert-OH is 2. The molecule has 1 heterocycles. The van der Waals surface area contributed by atoms with Crippen LogP contribution in [0.15, 0.2) is 0 Å². The lowest BCUT2D eigenvalue weighted by Crippen LogP contribution is -2.43. The van der Waals surface area contributed by atoms with Gasteiger partial charge in [0.1, 0.15) is 6.10 Å². The second kappa shape index (κ2) is 2.44. The number of carbonyl (C=O) groups excluding carboxylic acids is 1. The van der Waals surface area contributed by atoms with E-state index in [0.717, 1.165) is 6.92 Å². The molecular formula is C6H10O5. The average molecular weight is 162 g/mol. The first-order valence-electron chi connectivity index (χ1n) is 3.22. The minimum atomic E-state index is -1.88. The molecule has 0 saturated carbocycles. The number of carbonyl (C=O) groups is 1. The van der Waals surface area contributed by atoms with Crippen molar-refractivity contribution in [1.82, 2.24) is 0 Å². The Morgan fingerprint density at radius 2 is 2.27 bits per heavy atom. The third-order valence-corrected chi connectivity index (χ3v) is 1.78. The Kier molecular flexibility index (Phi) is 1.87. The van der Waals surface area contributed by atoms with E-state index in [4.69, 9.17) is 10.2 Å². The molecule has 3 atom stereocenters. The summed E-state index contributed by atoms with van der Waals surface area (Å²) in [5.41, 5.74) is -1.88. The minimum Gasteiger partial charge on any atom is -0.455 e. The van der Waals surface area contributed by atoms with E-state index in [-0.39, 0.29) is 0 Å². The molecule has 1 aliphatic rings. The molecule has 0 spiro atoms. The normalized spacial score (nSPS) is 44.2. The Morgan fingerprint density at radius 3 is 2.45 bits per heavy atom. The molecule has 0 aromatic carbocycles. The SMILES string of the molecule is C[C@]1(O)C(=O)O[C@H](CO)[C@@H]1O. The third kappa shape index (κ3) is 1.11. The number of rotatable bonds is 1. The van der Waals surface area contributed by atoms with Crippen LogP contribution in [0.25, 0.3) is 0 Å². The number of hydrogen-bond acceptors (Lipinski definition) is 5. The van der Waals surface area contributed by atoms with E-state index in [2.05, 4.69) is 4.74 Å². The van der Waals surface area contributed by atoms with E-state index < -0.39 is 30.4 Å². The maximum Gasteiger partial charge on any atom is 0.341 e. The third-order valence-electron chi connectivity index (χ3n) is 1.78. The summed E-state index contributed by atoms with van der Waals surface area (Å²) in [7, 11) is 0. The van der Waals surface area contributed by atoms with Crippen molar-refractivity contribution in [2.45, 2.75) is 24.7 Å². The van der Waals surface area contributed by atoms with Crippen LogP contribution in [0.4, 0.5) is 0 Å². The van der Waals surface area contributed by atoms with Crippen LogP contribution < -0.4 is 0 Å². The van der Waals surface area contributed by atoms with Crippen LogP contribution in [0.3, 0.4) is 0 Å².